The van der Waals surface area contributed by atoms with Crippen molar-refractivity contribution < 1.29 is 9.21 Å². The lowest BCUT2D eigenvalue weighted by Crippen LogP contribution is -2.37. The van der Waals surface area contributed by atoms with Crippen molar-refractivity contribution >= 4 is 22.7 Å². The van der Waals surface area contributed by atoms with Gasteiger partial charge in [0, 0.05) is 18.3 Å². The second-order valence-electron chi connectivity index (χ2n) is 4.77. The van der Waals surface area contributed by atoms with Crippen LogP contribution in [0.15, 0.2) is 27.4 Å². The number of hydrogen-bond donors (Lipinski definition) is 3. The number of amides is 1. The van der Waals surface area contributed by atoms with Gasteiger partial charge in [0.05, 0.1) is 10.9 Å². The number of aromatic nitrogens is 1. The van der Waals surface area contributed by atoms with Crippen LogP contribution in [0.1, 0.15) is 13.8 Å². The predicted octanol–water partition coefficient (Wildman–Crippen LogP) is 1.04. The quantitative estimate of drug-likeness (QED) is 0.756. The van der Waals surface area contributed by atoms with E-state index in [0.29, 0.717) is 16.8 Å². The summed E-state index contributed by atoms with van der Waals surface area (Å²) in [7, 11) is 0. The van der Waals surface area contributed by atoms with E-state index >= 15 is 0 Å². The Labute approximate surface area is 103 Å². The summed E-state index contributed by atoms with van der Waals surface area (Å²) in [5.74, 6) is -0.696. The molecule has 0 aliphatic heterocycles. The number of nitrogens with two attached hydrogens (primary N) is 1. The van der Waals surface area contributed by atoms with Gasteiger partial charge in [-0.25, -0.2) is 4.79 Å². The van der Waals surface area contributed by atoms with Crippen LogP contribution in [-0.2, 0) is 4.79 Å². The lowest BCUT2D eigenvalue weighted by molar-refractivity contribution is -0.123. The molecule has 4 N–H and O–H groups in total. The highest BCUT2D eigenvalue weighted by Gasteiger charge is 2.25. The zero-order chi connectivity index (χ0) is 13.3. The molecule has 96 valence electrons. The number of H-pyrrole nitrogens is 1. The van der Waals surface area contributed by atoms with Gasteiger partial charge in [0.2, 0.25) is 5.91 Å². The fourth-order valence-electron chi connectivity index (χ4n) is 1.42. The first-order chi connectivity index (χ1) is 8.42. The highest BCUT2D eigenvalue weighted by Crippen LogP contribution is 2.20. The van der Waals surface area contributed by atoms with Crippen molar-refractivity contribution in [2.45, 2.75) is 13.8 Å². The van der Waals surface area contributed by atoms with Crippen molar-refractivity contribution in [2.24, 2.45) is 11.1 Å². The third-order valence-corrected chi connectivity index (χ3v) is 2.80. The molecule has 0 atom stereocenters. The summed E-state index contributed by atoms with van der Waals surface area (Å²) in [5.41, 5.74) is 6.45. The van der Waals surface area contributed by atoms with Gasteiger partial charge in [-0.15, -0.1) is 0 Å². The molecule has 0 saturated carbocycles. The fourth-order valence-corrected chi connectivity index (χ4v) is 1.42. The van der Waals surface area contributed by atoms with E-state index in [1.54, 1.807) is 32.0 Å². The van der Waals surface area contributed by atoms with Crippen LogP contribution in [-0.4, -0.2) is 17.4 Å². The van der Waals surface area contributed by atoms with Crippen LogP contribution in [0.5, 0.6) is 0 Å². The zero-order valence-electron chi connectivity index (χ0n) is 10.2. The number of rotatable bonds is 3. The summed E-state index contributed by atoms with van der Waals surface area (Å²) in [6.45, 7) is 3.77. The first kappa shape index (κ1) is 12.4. The molecule has 0 bridgehead atoms. The third kappa shape index (κ3) is 2.28. The van der Waals surface area contributed by atoms with Gasteiger partial charge in [-0.3, -0.25) is 9.78 Å². The normalized spacial score (nSPS) is 11.7. The lowest BCUT2D eigenvalue weighted by atomic mass is 9.92. The average Bonchev–Trinajstić information content (AvgIpc) is 2.68. The maximum absolute atomic E-state index is 11.9. The number of carbonyl (C=O) groups is 1. The van der Waals surface area contributed by atoms with E-state index in [4.69, 9.17) is 10.2 Å². The second kappa shape index (κ2) is 4.30. The number of carbonyl (C=O) groups excluding carboxylic acids is 1. The summed E-state index contributed by atoms with van der Waals surface area (Å²) >= 11 is 0. The summed E-state index contributed by atoms with van der Waals surface area (Å²) < 4.78 is 4.91. The summed E-state index contributed by atoms with van der Waals surface area (Å²) in [6, 6.07) is 4.96. The van der Waals surface area contributed by atoms with Gasteiger partial charge in [-0.05, 0) is 26.0 Å². The van der Waals surface area contributed by atoms with E-state index < -0.39 is 11.2 Å². The summed E-state index contributed by atoms with van der Waals surface area (Å²) in [5, 5.41) is 2.74. The van der Waals surface area contributed by atoms with Crippen LogP contribution in [0.3, 0.4) is 0 Å². The number of fused-ring (bicyclic) bond motifs is 1. The van der Waals surface area contributed by atoms with Crippen molar-refractivity contribution in [2.75, 3.05) is 11.9 Å². The second-order valence-corrected chi connectivity index (χ2v) is 4.77. The Kier molecular flexibility index (Phi) is 2.96. The first-order valence-corrected chi connectivity index (χ1v) is 5.57. The van der Waals surface area contributed by atoms with E-state index in [1.165, 1.54) is 0 Å². The molecule has 2 aromatic rings. The molecular formula is C12H15N3O3. The Balaban J connectivity index is 2.27. The molecule has 0 radical (unpaired) electrons. The van der Waals surface area contributed by atoms with Gasteiger partial charge in [-0.1, -0.05) is 0 Å². The molecule has 1 amide bonds. The molecule has 0 unspecified atom stereocenters. The molecule has 0 aliphatic rings. The molecule has 1 aromatic heterocycles. The number of benzene rings is 1. The highest BCUT2D eigenvalue weighted by molar-refractivity contribution is 5.96. The number of hydrogen-bond acceptors (Lipinski definition) is 4. The Morgan fingerprint density at radius 3 is 2.89 bits per heavy atom. The van der Waals surface area contributed by atoms with Crippen molar-refractivity contribution in [3.63, 3.8) is 0 Å². The Bertz CT molecular complexity index is 639. The molecule has 2 rings (SSSR count). The number of anilines is 1. The molecule has 0 saturated heterocycles. The monoisotopic (exact) mass is 249 g/mol. The van der Waals surface area contributed by atoms with Crippen LogP contribution in [0.4, 0.5) is 5.69 Å². The van der Waals surface area contributed by atoms with Crippen LogP contribution >= 0.6 is 0 Å². The van der Waals surface area contributed by atoms with E-state index in [1.807, 2.05) is 0 Å². The van der Waals surface area contributed by atoms with Gasteiger partial charge in [0.25, 0.3) is 0 Å². The third-order valence-electron chi connectivity index (χ3n) is 2.80. The van der Waals surface area contributed by atoms with Crippen LogP contribution in [0, 0.1) is 5.41 Å². The van der Waals surface area contributed by atoms with Gasteiger partial charge in [-0.2, -0.15) is 0 Å². The highest BCUT2D eigenvalue weighted by atomic mass is 16.4. The van der Waals surface area contributed by atoms with Gasteiger partial charge < -0.3 is 15.5 Å². The summed E-state index contributed by atoms with van der Waals surface area (Å²) in [6.07, 6.45) is 0. The van der Waals surface area contributed by atoms with Crippen LogP contribution in [0.25, 0.3) is 11.1 Å². The molecular weight excluding hydrogens is 234 g/mol. The number of oxazole rings is 1. The maximum Gasteiger partial charge on any atom is 0.417 e. The predicted molar refractivity (Wildman–Crippen MR) is 68.3 cm³/mol. The largest absolute Gasteiger partial charge is 0.417 e. The number of nitrogens with one attached hydrogen (secondary N) is 2. The van der Waals surface area contributed by atoms with Crippen molar-refractivity contribution in [3.05, 3.63) is 28.7 Å². The smallest absolute Gasteiger partial charge is 0.408 e. The first-order valence-electron chi connectivity index (χ1n) is 5.57. The SMILES string of the molecule is CC(C)(CN)C(=O)Nc1ccc2[nH]c(=O)oc2c1. The molecule has 0 aliphatic carbocycles. The molecule has 18 heavy (non-hydrogen) atoms. The standard InChI is InChI=1S/C12H15N3O3/c1-12(2,6-13)10(16)14-7-3-4-8-9(5-7)18-11(17)15-8/h3-5H,6,13H2,1-2H3,(H,14,16)(H,15,17). The maximum atomic E-state index is 11.9. The van der Waals surface area contributed by atoms with Crippen LogP contribution in [0.2, 0.25) is 0 Å². The lowest BCUT2D eigenvalue weighted by Gasteiger charge is -2.21. The minimum absolute atomic E-state index is 0.178. The number of aromatic amines is 1. The molecule has 6 heteroatoms. The van der Waals surface area contributed by atoms with Crippen molar-refractivity contribution in [3.8, 4) is 0 Å². The minimum atomic E-state index is -0.645. The van der Waals surface area contributed by atoms with E-state index in [2.05, 4.69) is 10.3 Å². The fraction of sp³-hybridized carbons (Fsp3) is 0.333. The van der Waals surface area contributed by atoms with Crippen molar-refractivity contribution in [1.82, 2.24) is 4.98 Å². The van der Waals surface area contributed by atoms with E-state index in [9.17, 15) is 9.59 Å². The molecule has 0 fully saturated rings. The molecule has 6 nitrogen and oxygen atoms in total. The Hall–Kier alpha value is -2.08. The van der Waals surface area contributed by atoms with E-state index in [0.717, 1.165) is 0 Å². The van der Waals surface area contributed by atoms with Crippen molar-refractivity contribution in [1.29, 1.82) is 0 Å². The summed E-state index contributed by atoms with van der Waals surface area (Å²) in [4.78, 5) is 25.4. The van der Waals surface area contributed by atoms with Gasteiger partial charge >= 0.3 is 5.76 Å². The van der Waals surface area contributed by atoms with Gasteiger partial charge in [0.1, 0.15) is 0 Å². The van der Waals surface area contributed by atoms with Gasteiger partial charge in [0.15, 0.2) is 5.58 Å². The molecule has 1 aromatic carbocycles. The Morgan fingerprint density at radius 1 is 1.50 bits per heavy atom. The zero-order valence-corrected chi connectivity index (χ0v) is 10.2. The molecule has 1 heterocycles. The van der Waals surface area contributed by atoms with Crippen LogP contribution < -0.4 is 16.8 Å². The minimum Gasteiger partial charge on any atom is -0.408 e. The Morgan fingerprint density at radius 2 is 2.22 bits per heavy atom. The van der Waals surface area contributed by atoms with E-state index in [-0.39, 0.29) is 12.5 Å². The topological polar surface area (TPSA) is 101 Å². The molecule has 0 spiro atoms. The average molecular weight is 249 g/mol.